The van der Waals surface area contributed by atoms with Crippen LogP contribution in [0.5, 0.6) is 0 Å². The number of fused-ring (bicyclic) bond motifs is 7. The van der Waals surface area contributed by atoms with E-state index in [0.29, 0.717) is 17.5 Å². The minimum Gasteiger partial charge on any atom is -0.456 e. The second kappa shape index (κ2) is 10.8. The average Bonchev–Trinajstić information content (AvgIpc) is 3.74. The first kappa shape index (κ1) is 28.0. The van der Waals surface area contributed by atoms with E-state index in [-0.39, 0.29) is 0 Å². The maximum atomic E-state index is 6.23. The Bertz CT molecular complexity index is 3030. The van der Waals surface area contributed by atoms with Crippen molar-refractivity contribution >= 4 is 43.5 Å². The monoisotopic (exact) mass is 649 g/mol. The van der Waals surface area contributed by atoms with Crippen molar-refractivity contribution in [1.29, 1.82) is 0 Å². The second-order valence-electron chi connectivity index (χ2n) is 13.2. The van der Waals surface area contributed by atoms with E-state index >= 15 is 0 Å². The first-order valence-electron chi connectivity index (χ1n) is 17.2. The molecule has 0 atom stereocenters. The van der Waals surface area contributed by atoms with Gasteiger partial charge in [-0.25, -0.2) is 15.0 Å². The van der Waals surface area contributed by atoms with Crippen LogP contribution in [0.1, 0.15) is 0 Å². The number of furan rings is 1. The second-order valence-corrected chi connectivity index (χ2v) is 13.2. The quantitative estimate of drug-likeness (QED) is 0.190. The molecule has 0 amide bonds. The molecule has 10 aromatic rings. The third-order valence-corrected chi connectivity index (χ3v) is 10.3. The molecule has 51 heavy (non-hydrogen) atoms. The molecule has 0 saturated heterocycles. The summed E-state index contributed by atoms with van der Waals surface area (Å²) in [5.41, 5.74) is 11.9. The normalized spacial score (nSPS) is 11.9. The molecule has 8 aromatic carbocycles. The van der Waals surface area contributed by atoms with E-state index in [1.165, 1.54) is 33.0 Å². The molecule has 4 heteroatoms. The average molecular weight is 650 g/mol. The van der Waals surface area contributed by atoms with E-state index < -0.39 is 0 Å². The van der Waals surface area contributed by atoms with Gasteiger partial charge in [-0.1, -0.05) is 140 Å². The number of nitrogens with zero attached hydrogens (tertiary/aromatic N) is 3. The molecule has 236 valence electrons. The minimum absolute atomic E-state index is 0.639. The number of benzene rings is 8. The molecule has 0 bridgehead atoms. The molecule has 0 radical (unpaired) electrons. The summed E-state index contributed by atoms with van der Waals surface area (Å²) >= 11 is 0. The number of hydrogen-bond acceptors (Lipinski definition) is 4. The van der Waals surface area contributed by atoms with Crippen LogP contribution in [0.4, 0.5) is 0 Å². The Morgan fingerprint density at radius 3 is 1.71 bits per heavy atom. The maximum absolute atomic E-state index is 6.23. The predicted octanol–water partition coefficient (Wildman–Crippen LogP) is 12.4. The molecule has 0 unspecified atom stereocenters. The zero-order valence-electron chi connectivity index (χ0n) is 27.3. The molecule has 11 rings (SSSR count). The summed E-state index contributed by atoms with van der Waals surface area (Å²) < 4.78 is 6.23. The van der Waals surface area contributed by atoms with Gasteiger partial charge in [0, 0.05) is 27.5 Å². The van der Waals surface area contributed by atoms with E-state index in [0.717, 1.165) is 60.5 Å². The van der Waals surface area contributed by atoms with Gasteiger partial charge in [0.1, 0.15) is 11.2 Å². The van der Waals surface area contributed by atoms with E-state index in [1.807, 2.05) is 36.4 Å². The highest BCUT2D eigenvalue weighted by molar-refractivity contribution is 6.16. The lowest BCUT2D eigenvalue weighted by molar-refractivity contribution is 0.669. The van der Waals surface area contributed by atoms with Crippen LogP contribution in [0.3, 0.4) is 0 Å². The Balaban J connectivity index is 1.07. The highest BCUT2D eigenvalue weighted by atomic mass is 16.3. The van der Waals surface area contributed by atoms with Crippen molar-refractivity contribution in [2.75, 3.05) is 0 Å². The van der Waals surface area contributed by atoms with Gasteiger partial charge in [0.2, 0.25) is 0 Å². The van der Waals surface area contributed by atoms with Crippen molar-refractivity contribution in [3.8, 4) is 67.5 Å². The highest BCUT2D eigenvalue weighted by Crippen LogP contribution is 2.48. The van der Waals surface area contributed by atoms with Gasteiger partial charge in [-0.15, -0.1) is 0 Å². The summed E-state index contributed by atoms with van der Waals surface area (Å²) in [4.78, 5) is 15.3. The highest BCUT2D eigenvalue weighted by Gasteiger charge is 2.23. The number of rotatable bonds is 4. The molecule has 1 aliphatic rings. The van der Waals surface area contributed by atoms with Crippen LogP contribution in [-0.4, -0.2) is 15.0 Å². The fourth-order valence-corrected chi connectivity index (χ4v) is 7.94. The summed E-state index contributed by atoms with van der Waals surface area (Å²) in [5, 5.41) is 7.08. The largest absolute Gasteiger partial charge is 0.456 e. The lowest BCUT2D eigenvalue weighted by Crippen LogP contribution is -2.00. The number of hydrogen-bond donors (Lipinski definition) is 0. The SMILES string of the molecule is c1ccc(-c2nc(-c3ccc4c(c3)-c3cccc5cccc-4c35)nc(-c3ccc4c(-c5cccc6oc7ccccc7c56)cccc4c3)n2)cc1. The molecule has 4 nitrogen and oxygen atoms in total. The van der Waals surface area contributed by atoms with Gasteiger partial charge >= 0.3 is 0 Å². The van der Waals surface area contributed by atoms with Crippen LogP contribution >= 0.6 is 0 Å². The lowest BCUT2D eigenvalue weighted by atomic mass is 9.94. The van der Waals surface area contributed by atoms with Crippen molar-refractivity contribution in [3.63, 3.8) is 0 Å². The fraction of sp³-hybridized carbons (Fsp3) is 0. The fourth-order valence-electron chi connectivity index (χ4n) is 7.94. The minimum atomic E-state index is 0.639. The van der Waals surface area contributed by atoms with E-state index in [9.17, 15) is 0 Å². The topological polar surface area (TPSA) is 51.8 Å². The van der Waals surface area contributed by atoms with Crippen LogP contribution in [0.15, 0.2) is 168 Å². The van der Waals surface area contributed by atoms with Crippen LogP contribution in [0.2, 0.25) is 0 Å². The van der Waals surface area contributed by atoms with Crippen LogP contribution in [-0.2, 0) is 0 Å². The summed E-state index contributed by atoms with van der Waals surface area (Å²) in [6.45, 7) is 0. The Morgan fingerprint density at radius 1 is 0.314 bits per heavy atom. The predicted molar refractivity (Wildman–Crippen MR) is 208 cm³/mol. The van der Waals surface area contributed by atoms with Gasteiger partial charge in [-0.3, -0.25) is 0 Å². The van der Waals surface area contributed by atoms with Crippen LogP contribution in [0.25, 0.3) is 111 Å². The van der Waals surface area contributed by atoms with Gasteiger partial charge in [-0.05, 0) is 79.2 Å². The Labute approximate surface area is 293 Å². The van der Waals surface area contributed by atoms with E-state index in [2.05, 4.69) is 127 Å². The Kier molecular flexibility index (Phi) is 5.92. The number of para-hydroxylation sites is 1. The summed E-state index contributed by atoms with van der Waals surface area (Å²) in [5.74, 6) is 1.94. The Morgan fingerprint density at radius 2 is 0.902 bits per heavy atom. The van der Waals surface area contributed by atoms with Gasteiger partial charge in [0.05, 0.1) is 0 Å². The van der Waals surface area contributed by atoms with Crippen molar-refractivity contribution in [2.24, 2.45) is 0 Å². The van der Waals surface area contributed by atoms with Crippen molar-refractivity contribution in [2.45, 2.75) is 0 Å². The molecule has 2 heterocycles. The third-order valence-electron chi connectivity index (χ3n) is 10.3. The van der Waals surface area contributed by atoms with Gasteiger partial charge in [0.25, 0.3) is 0 Å². The van der Waals surface area contributed by atoms with Crippen molar-refractivity contribution in [3.05, 3.63) is 164 Å². The zero-order chi connectivity index (χ0) is 33.5. The molecule has 0 N–H and O–H groups in total. The molecule has 0 fully saturated rings. The Hall–Kier alpha value is -6.91. The zero-order valence-corrected chi connectivity index (χ0v) is 27.3. The summed E-state index contributed by atoms with van der Waals surface area (Å²) in [6, 6.07) is 57.4. The molecular weight excluding hydrogens is 623 g/mol. The molecule has 2 aromatic heterocycles. The number of aromatic nitrogens is 3. The smallest absolute Gasteiger partial charge is 0.164 e. The molecule has 0 aliphatic heterocycles. The molecule has 1 aliphatic carbocycles. The van der Waals surface area contributed by atoms with Gasteiger partial charge in [-0.2, -0.15) is 0 Å². The van der Waals surface area contributed by atoms with Crippen molar-refractivity contribution < 1.29 is 4.42 Å². The van der Waals surface area contributed by atoms with Crippen LogP contribution < -0.4 is 0 Å². The van der Waals surface area contributed by atoms with Crippen molar-refractivity contribution in [1.82, 2.24) is 15.0 Å². The molecule has 0 saturated carbocycles. The first-order valence-corrected chi connectivity index (χ1v) is 17.2. The summed E-state index contributed by atoms with van der Waals surface area (Å²) in [7, 11) is 0. The van der Waals surface area contributed by atoms with Gasteiger partial charge < -0.3 is 4.42 Å². The first-order chi connectivity index (χ1) is 25.3. The summed E-state index contributed by atoms with van der Waals surface area (Å²) in [6.07, 6.45) is 0. The van der Waals surface area contributed by atoms with E-state index in [4.69, 9.17) is 19.4 Å². The lowest BCUT2D eigenvalue weighted by Gasteiger charge is -2.12. The van der Waals surface area contributed by atoms with Crippen LogP contribution in [0, 0.1) is 0 Å². The van der Waals surface area contributed by atoms with Gasteiger partial charge in [0.15, 0.2) is 17.5 Å². The van der Waals surface area contributed by atoms with E-state index in [1.54, 1.807) is 0 Å². The maximum Gasteiger partial charge on any atom is 0.164 e. The standard InChI is InChI=1S/C47H27N3O/c1-2-10-29(11-3-1)45-48-46(50-47(49-45)32-23-25-35-36-17-6-12-28-13-7-18-38(43(28)36)40(35)27-32)31-22-24-33-30(26-31)14-8-16-34(33)37-19-9-21-42-44(37)39-15-4-5-20-41(39)51-42/h1-27H. The molecule has 0 spiro atoms. The molecular formula is C47H27N3O. The third kappa shape index (κ3) is 4.30.